The van der Waals surface area contributed by atoms with Crippen LogP contribution < -0.4 is 11.1 Å². The lowest BCUT2D eigenvalue weighted by atomic mass is 9.81. The molecule has 1 aromatic rings. The highest BCUT2D eigenvalue weighted by Gasteiger charge is 2.22. The van der Waals surface area contributed by atoms with Crippen LogP contribution >= 0.6 is 0 Å². The van der Waals surface area contributed by atoms with Gasteiger partial charge in [0.2, 0.25) is 0 Å². The Bertz CT molecular complexity index is 356. The van der Waals surface area contributed by atoms with Crippen molar-refractivity contribution in [3.8, 4) is 0 Å². The molecule has 1 heterocycles. The number of nitrogens with one attached hydrogen (secondary N) is 1. The highest BCUT2D eigenvalue weighted by atomic mass is 15.0. The largest absolute Gasteiger partial charge is 0.396 e. The Hall–Kier alpha value is -1.25. The van der Waals surface area contributed by atoms with Gasteiger partial charge >= 0.3 is 0 Å². The van der Waals surface area contributed by atoms with Gasteiger partial charge in [0.1, 0.15) is 5.82 Å². The first-order chi connectivity index (χ1) is 7.33. The smallest absolute Gasteiger partial charge is 0.149 e. The second-order valence-electron chi connectivity index (χ2n) is 5.45. The van der Waals surface area contributed by atoms with Crippen LogP contribution in [0.1, 0.15) is 33.3 Å². The summed E-state index contributed by atoms with van der Waals surface area (Å²) in [7, 11) is 0. The van der Waals surface area contributed by atoms with Crippen LogP contribution in [0, 0.1) is 18.3 Å². The highest BCUT2D eigenvalue weighted by molar-refractivity contribution is 5.61. The van der Waals surface area contributed by atoms with Gasteiger partial charge in [-0.2, -0.15) is 0 Å². The second-order valence-corrected chi connectivity index (χ2v) is 5.45. The van der Waals surface area contributed by atoms with E-state index in [9.17, 15) is 0 Å². The zero-order valence-corrected chi connectivity index (χ0v) is 11.0. The maximum Gasteiger partial charge on any atom is 0.149 e. The lowest BCUT2D eigenvalue weighted by molar-refractivity contribution is 0.269. The maximum absolute atomic E-state index is 5.90. The molecule has 0 spiro atoms. The molecule has 0 bridgehead atoms. The number of nitrogens with two attached hydrogens (primary N) is 1. The van der Waals surface area contributed by atoms with Gasteiger partial charge in [0.15, 0.2) is 0 Å². The summed E-state index contributed by atoms with van der Waals surface area (Å²) < 4.78 is 0. The summed E-state index contributed by atoms with van der Waals surface area (Å²) in [5, 5.41) is 3.33. The van der Waals surface area contributed by atoms with Crippen LogP contribution in [0.4, 0.5) is 11.5 Å². The Morgan fingerprint density at radius 3 is 2.56 bits per heavy atom. The van der Waals surface area contributed by atoms with Crippen molar-refractivity contribution >= 4 is 11.5 Å². The zero-order valence-electron chi connectivity index (χ0n) is 11.0. The lowest BCUT2D eigenvalue weighted by Gasteiger charge is -2.29. The molecule has 90 valence electrons. The number of hydrogen-bond acceptors (Lipinski definition) is 3. The van der Waals surface area contributed by atoms with E-state index in [1.165, 1.54) is 0 Å². The number of anilines is 2. The molecule has 1 aromatic heterocycles. The summed E-state index contributed by atoms with van der Waals surface area (Å²) in [5.41, 5.74) is 7.95. The molecule has 0 atom stereocenters. The molecule has 0 saturated heterocycles. The molecule has 0 fully saturated rings. The van der Waals surface area contributed by atoms with E-state index in [2.05, 4.69) is 38.0 Å². The normalized spacial score (nSPS) is 11.9. The summed E-state index contributed by atoms with van der Waals surface area (Å²) in [5.74, 6) is 1.41. The maximum atomic E-state index is 5.90. The molecule has 0 unspecified atom stereocenters. The van der Waals surface area contributed by atoms with E-state index in [1.807, 2.05) is 19.2 Å². The van der Waals surface area contributed by atoms with E-state index in [-0.39, 0.29) is 5.41 Å². The van der Waals surface area contributed by atoms with E-state index in [0.29, 0.717) is 5.92 Å². The SMILES string of the molecule is Cc1cnc(NCC(C)(C)C(C)C)c(N)c1. The van der Waals surface area contributed by atoms with Crippen molar-refractivity contribution in [2.24, 2.45) is 11.3 Å². The minimum atomic E-state index is 0.235. The van der Waals surface area contributed by atoms with Crippen LogP contribution in [0.3, 0.4) is 0 Å². The van der Waals surface area contributed by atoms with Crippen LogP contribution in [0.5, 0.6) is 0 Å². The fourth-order valence-electron chi connectivity index (χ4n) is 1.26. The van der Waals surface area contributed by atoms with Gasteiger partial charge in [-0.1, -0.05) is 27.7 Å². The summed E-state index contributed by atoms with van der Waals surface area (Å²) in [4.78, 5) is 4.30. The summed E-state index contributed by atoms with van der Waals surface area (Å²) in [6.45, 7) is 11.8. The van der Waals surface area contributed by atoms with Crippen LogP contribution in [0.25, 0.3) is 0 Å². The Kier molecular flexibility index (Phi) is 3.79. The van der Waals surface area contributed by atoms with Crippen LogP contribution in [-0.4, -0.2) is 11.5 Å². The molecule has 3 heteroatoms. The molecule has 0 saturated carbocycles. The zero-order chi connectivity index (χ0) is 12.3. The molecule has 0 aromatic carbocycles. The van der Waals surface area contributed by atoms with Gasteiger partial charge in [-0.05, 0) is 29.9 Å². The van der Waals surface area contributed by atoms with E-state index < -0.39 is 0 Å². The van der Waals surface area contributed by atoms with Crippen LogP contribution in [0.2, 0.25) is 0 Å². The minimum Gasteiger partial charge on any atom is -0.396 e. The van der Waals surface area contributed by atoms with Crippen molar-refractivity contribution in [2.45, 2.75) is 34.6 Å². The third-order valence-electron chi connectivity index (χ3n) is 3.33. The van der Waals surface area contributed by atoms with Crippen molar-refractivity contribution in [3.63, 3.8) is 0 Å². The van der Waals surface area contributed by atoms with Gasteiger partial charge in [-0.15, -0.1) is 0 Å². The second kappa shape index (κ2) is 4.73. The van der Waals surface area contributed by atoms with E-state index in [1.54, 1.807) is 0 Å². The summed E-state index contributed by atoms with van der Waals surface area (Å²) in [6, 6.07) is 1.94. The Morgan fingerprint density at radius 2 is 2.06 bits per heavy atom. The molecular formula is C13H23N3. The first kappa shape index (κ1) is 12.8. The molecule has 0 aliphatic heterocycles. The fraction of sp³-hybridized carbons (Fsp3) is 0.615. The van der Waals surface area contributed by atoms with Crippen molar-refractivity contribution in [1.82, 2.24) is 4.98 Å². The average Bonchev–Trinajstić information content (AvgIpc) is 2.16. The molecule has 3 N–H and O–H groups in total. The van der Waals surface area contributed by atoms with Crippen molar-refractivity contribution < 1.29 is 0 Å². The van der Waals surface area contributed by atoms with Crippen LogP contribution in [0.15, 0.2) is 12.3 Å². The third-order valence-corrected chi connectivity index (χ3v) is 3.33. The molecule has 0 amide bonds. The Balaban J connectivity index is 2.68. The molecule has 16 heavy (non-hydrogen) atoms. The van der Waals surface area contributed by atoms with Crippen molar-refractivity contribution in [1.29, 1.82) is 0 Å². The summed E-state index contributed by atoms with van der Waals surface area (Å²) >= 11 is 0. The topological polar surface area (TPSA) is 50.9 Å². The average molecular weight is 221 g/mol. The van der Waals surface area contributed by atoms with E-state index >= 15 is 0 Å². The standard InChI is InChI=1S/C13H23N3/c1-9(2)13(4,5)8-16-12-11(14)6-10(3)7-15-12/h6-7,9H,8,14H2,1-5H3,(H,15,16). The third kappa shape index (κ3) is 3.12. The number of hydrogen-bond donors (Lipinski definition) is 2. The van der Waals surface area contributed by atoms with Gasteiger partial charge in [-0.25, -0.2) is 4.98 Å². The highest BCUT2D eigenvalue weighted by Crippen LogP contribution is 2.27. The number of pyridine rings is 1. The van der Waals surface area contributed by atoms with Gasteiger partial charge in [0.25, 0.3) is 0 Å². The van der Waals surface area contributed by atoms with Gasteiger partial charge in [-0.3, -0.25) is 0 Å². The minimum absolute atomic E-state index is 0.235. The number of rotatable bonds is 4. The van der Waals surface area contributed by atoms with Crippen LogP contribution in [-0.2, 0) is 0 Å². The van der Waals surface area contributed by atoms with Gasteiger partial charge < -0.3 is 11.1 Å². The Morgan fingerprint density at radius 1 is 1.44 bits per heavy atom. The fourth-order valence-corrected chi connectivity index (χ4v) is 1.26. The van der Waals surface area contributed by atoms with E-state index in [0.717, 1.165) is 23.6 Å². The quantitative estimate of drug-likeness (QED) is 0.821. The predicted octanol–water partition coefficient (Wildman–Crippen LogP) is 3.07. The molecule has 0 radical (unpaired) electrons. The summed E-state index contributed by atoms with van der Waals surface area (Å²) in [6.07, 6.45) is 1.83. The van der Waals surface area contributed by atoms with Gasteiger partial charge in [0.05, 0.1) is 5.69 Å². The predicted molar refractivity (Wildman–Crippen MR) is 70.5 cm³/mol. The number of aromatic nitrogens is 1. The first-order valence-corrected chi connectivity index (χ1v) is 5.79. The number of aryl methyl sites for hydroxylation is 1. The van der Waals surface area contributed by atoms with Crippen molar-refractivity contribution in [2.75, 3.05) is 17.6 Å². The molecular weight excluding hydrogens is 198 g/mol. The molecule has 1 rings (SSSR count). The molecule has 0 aliphatic rings. The monoisotopic (exact) mass is 221 g/mol. The number of nitrogens with zero attached hydrogens (tertiary/aromatic N) is 1. The molecule has 3 nitrogen and oxygen atoms in total. The first-order valence-electron chi connectivity index (χ1n) is 5.79. The lowest BCUT2D eigenvalue weighted by Crippen LogP contribution is -2.29. The number of nitrogen functional groups attached to an aromatic ring is 1. The van der Waals surface area contributed by atoms with E-state index in [4.69, 9.17) is 5.73 Å². The molecule has 0 aliphatic carbocycles. The van der Waals surface area contributed by atoms with Gasteiger partial charge in [0, 0.05) is 12.7 Å². The van der Waals surface area contributed by atoms with Crippen molar-refractivity contribution in [3.05, 3.63) is 17.8 Å². The Labute approximate surface area is 98.5 Å².